The van der Waals surface area contributed by atoms with Crippen LogP contribution in [0.3, 0.4) is 0 Å². The van der Waals surface area contributed by atoms with Crippen LogP contribution < -0.4 is 30.5 Å². The number of phenols is 1. The molecule has 4 saturated heterocycles. The number of β-amino-alcohol motifs (C(OH)–C–C–N with tert-alkyl or cyclic N) is 1. The summed E-state index contributed by atoms with van der Waals surface area (Å²) >= 11 is 0. The second kappa shape index (κ2) is 20.6. The number of imidazole rings is 1. The lowest BCUT2D eigenvalue weighted by Crippen LogP contribution is -2.54. The number of hydrogen-bond acceptors (Lipinski definition) is 16. The molecule has 1 saturated carbocycles. The van der Waals surface area contributed by atoms with Gasteiger partial charge in [0.05, 0.1) is 23.5 Å². The number of nitrogens with one attached hydrogen (secondary N) is 1. The van der Waals surface area contributed by atoms with Gasteiger partial charge in [0, 0.05) is 119 Å². The maximum atomic E-state index is 14.4. The third-order valence-corrected chi connectivity index (χ3v) is 16.0. The zero-order valence-electron chi connectivity index (χ0n) is 42.6. The monoisotopic (exact) mass is 1010 g/mol. The van der Waals surface area contributed by atoms with Crippen molar-refractivity contribution in [1.82, 2.24) is 45.0 Å². The van der Waals surface area contributed by atoms with Gasteiger partial charge in [0.15, 0.2) is 17.4 Å². The Morgan fingerprint density at radius 2 is 1.62 bits per heavy atom. The van der Waals surface area contributed by atoms with Gasteiger partial charge in [0.2, 0.25) is 17.7 Å². The summed E-state index contributed by atoms with van der Waals surface area (Å²) in [6.07, 6.45) is 9.11. The number of hydrogen-bond donors (Lipinski definition) is 4. The van der Waals surface area contributed by atoms with Crippen molar-refractivity contribution < 1.29 is 29.1 Å². The summed E-state index contributed by atoms with van der Waals surface area (Å²) in [5.41, 5.74) is 11.5. The molecule has 388 valence electrons. The molecule has 11 rings (SSSR count). The van der Waals surface area contributed by atoms with E-state index in [1.807, 2.05) is 93.2 Å². The molecule has 8 heterocycles. The van der Waals surface area contributed by atoms with Gasteiger partial charge in [0.25, 0.3) is 0 Å². The highest BCUT2D eigenvalue weighted by Crippen LogP contribution is 2.41. The lowest BCUT2D eigenvalue weighted by atomic mass is 9.82. The van der Waals surface area contributed by atoms with Gasteiger partial charge in [-0.15, -0.1) is 10.2 Å². The molecular formula is C55H67N13O6. The number of amides is 2. The number of para-hydroxylation sites is 1. The number of benzene rings is 2. The number of aryl methyl sites for hydroxylation is 1. The minimum Gasteiger partial charge on any atom is -0.507 e. The Labute approximate surface area is 431 Å². The van der Waals surface area contributed by atoms with E-state index in [1.165, 1.54) is 4.90 Å². The van der Waals surface area contributed by atoms with Crippen LogP contribution in [-0.2, 0) is 9.59 Å². The Morgan fingerprint density at radius 3 is 2.34 bits per heavy atom. The average molecular weight is 1010 g/mol. The number of carbonyl (C=O) groups excluding carboxylic acids is 2. The van der Waals surface area contributed by atoms with Crippen LogP contribution in [0.15, 0.2) is 95.9 Å². The summed E-state index contributed by atoms with van der Waals surface area (Å²) in [7, 11) is 0. The summed E-state index contributed by atoms with van der Waals surface area (Å²) in [5, 5.41) is 37.4. The molecule has 19 nitrogen and oxygen atoms in total. The van der Waals surface area contributed by atoms with E-state index < -0.39 is 18.1 Å². The largest absolute Gasteiger partial charge is 0.507 e. The highest BCUT2D eigenvalue weighted by Gasteiger charge is 2.45. The number of aliphatic hydroxyl groups is 1. The van der Waals surface area contributed by atoms with Gasteiger partial charge in [-0.25, -0.2) is 9.97 Å². The average Bonchev–Trinajstić information content (AvgIpc) is 4.20. The fourth-order valence-electron chi connectivity index (χ4n) is 12.0. The van der Waals surface area contributed by atoms with Crippen molar-refractivity contribution in [2.24, 2.45) is 11.8 Å². The lowest BCUT2D eigenvalue weighted by molar-refractivity contribution is -0.141. The Bertz CT molecular complexity index is 2940. The molecule has 4 aliphatic heterocycles. The third kappa shape index (κ3) is 9.93. The van der Waals surface area contributed by atoms with Gasteiger partial charge in [-0.3, -0.25) is 14.5 Å². The zero-order chi connectivity index (χ0) is 51.2. The molecule has 5 N–H and O–H groups in total. The molecule has 74 heavy (non-hydrogen) atoms. The van der Waals surface area contributed by atoms with E-state index in [9.17, 15) is 19.8 Å². The highest BCUT2D eigenvalue weighted by atomic mass is 16.5. The first-order chi connectivity index (χ1) is 35.8. The van der Waals surface area contributed by atoms with Crippen molar-refractivity contribution in [2.75, 3.05) is 72.8 Å². The Hall–Kier alpha value is -7.25. The SMILES string of the molecule is Cc1nccn1-c1ccc([C@H](C)NC(=O)[C@@H]2C[C@@H](O)CN2C(=O)[C@H](c2cc(N3CCN(C[C@H]4C[C@H](Oc5cc(N6C7CCC6CN(c6cc(-c8ccccc8O)nnc6N)C7)ccn5)C4)CC3)no2)C(C)C)cc1. The van der Waals surface area contributed by atoms with Crippen molar-refractivity contribution >= 4 is 34.8 Å². The number of nitrogen functional groups attached to an aromatic ring is 1. The summed E-state index contributed by atoms with van der Waals surface area (Å²) in [4.78, 5) is 48.2. The first-order valence-electron chi connectivity index (χ1n) is 26.2. The fourth-order valence-corrected chi connectivity index (χ4v) is 12.0. The number of fused-ring (bicyclic) bond motifs is 2. The van der Waals surface area contributed by atoms with Crippen LogP contribution in [0.5, 0.6) is 11.6 Å². The van der Waals surface area contributed by atoms with E-state index in [1.54, 1.807) is 18.3 Å². The minimum atomic E-state index is -0.814. The number of aromatic nitrogens is 6. The van der Waals surface area contributed by atoms with E-state index >= 15 is 0 Å². The maximum Gasteiger partial charge on any atom is 0.243 e. The standard InChI is InChI=1S/C55H67N13O6/c1-33(2)52(55(72)67-32-42(69)26-47(67)54(71)59-34(3)37-9-11-38(12-10-37)66-18-17-57-35(66)4)49-28-50(62-74-49)64-21-19-63(20-22-64)29-36-23-43(24-36)73-51-25-39(15-16-58-51)68-40-13-14-41(68)31-65(30-40)46-27-45(60-61-53(46)56)44-7-5-6-8-48(44)70/h5-12,15-18,25,27-28,33-34,36,40-43,47,52,69-70H,13-14,19-24,26,29-32H2,1-4H3,(H2,56,61)(H,59,71)/t34-,36-,40?,41?,42+,43-,47-,52-/m0/s1. The summed E-state index contributed by atoms with van der Waals surface area (Å²) in [6.45, 7) is 13.8. The molecule has 4 aromatic heterocycles. The van der Waals surface area contributed by atoms with E-state index in [0.717, 1.165) is 99.9 Å². The van der Waals surface area contributed by atoms with Crippen molar-refractivity contribution in [3.8, 4) is 28.6 Å². The maximum absolute atomic E-state index is 14.4. The Morgan fingerprint density at radius 1 is 0.865 bits per heavy atom. The number of phenolic OH excluding ortho intramolecular Hbond substituents is 1. The topological polar surface area (TPSA) is 221 Å². The van der Waals surface area contributed by atoms with Crippen molar-refractivity contribution in [3.63, 3.8) is 0 Å². The molecule has 2 amide bonds. The molecule has 0 radical (unpaired) electrons. The quantitative estimate of drug-likeness (QED) is 0.0966. The van der Waals surface area contributed by atoms with E-state index in [4.69, 9.17) is 15.0 Å². The van der Waals surface area contributed by atoms with Crippen LogP contribution in [0.2, 0.25) is 0 Å². The van der Waals surface area contributed by atoms with E-state index in [2.05, 4.69) is 62.4 Å². The molecule has 2 unspecified atom stereocenters. The van der Waals surface area contributed by atoms with Crippen molar-refractivity contribution in [3.05, 3.63) is 109 Å². The van der Waals surface area contributed by atoms with Gasteiger partial charge in [-0.2, -0.15) is 0 Å². The van der Waals surface area contributed by atoms with Crippen molar-refractivity contribution in [1.29, 1.82) is 0 Å². The number of rotatable bonds is 15. The molecule has 5 aliphatic rings. The number of pyridine rings is 1. The molecule has 1 aliphatic carbocycles. The van der Waals surface area contributed by atoms with Gasteiger partial charge in [-0.05, 0) is 93.3 Å². The van der Waals surface area contributed by atoms with Crippen LogP contribution in [0.25, 0.3) is 16.9 Å². The van der Waals surface area contributed by atoms with Crippen LogP contribution >= 0.6 is 0 Å². The molecule has 5 fully saturated rings. The van der Waals surface area contributed by atoms with Crippen LogP contribution in [0.4, 0.5) is 23.0 Å². The number of nitrogens with zero attached hydrogens (tertiary/aromatic N) is 11. The number of nitrogens with two attached hydrogens (primary N) is 1. The Kier molecular flexibility index (Phi) is 13.6. The predicted molar refractivity (Wildman–Crippen MR) is 280 cm³/mol. The highest BCUT2D eigenvalue weighted by molar-refractivity contribution is 5.91. The van der Waals surface area contributed by atoms with Gasteiger partial charge in [-0.1, -0.05) is 43.3 Å². The molecule has 2 aromatic carbocycles. The molecule has 6 aromatic rings. The number of aliphatic hydroxyl groups excluding tert-OH is 1. The lowest BCUT2D eigenvalue weighted by Gasteiger charge is -2.43. The number of likely N-dealkylation sites (tertiary alicyclic amines) is 1. The zero-order valence-corrected chi connectivity index (χ0v) is 42.6. The molecule has 6 atom stereocenters. The second-order valence-corrected chi connectivity index (χ2v) is 21.3. The minimum absolute atomic E-state index is 0.0724. The Balaban J connectivity index is 0.642. The number of carbonyl (C=O) groups is 2. The third-order valence-electron chi connectivity index (χ3n) is 16.0. The normalized spacial score (nSPS) is 23.8. The van der Waals surface area contributed by atoms with Crippen molar-refractivity contribution in [2.45, 2.75) is 102 Å². The number of anilines is 4. The number of ether oxygens (including phenoxy) is 1. The van der Waals surface area contributed by atoms with E-state index in [-0.39, 0.29) is 48.6 Å². The first kappa shape index (κ1) is 49.0. The molecule has 19 heteroatoms. The van der Waals surface area contributed by atoms with Crippen LogP contribution in [0.1, 0.15) is 82.0 Å². The van der Waals surface area contributed by atoms with Gasteiger partial charge in [0.1, 0.15) is 29.6 Å². The molecule has 2 bridgehead atoms. The fraction of sp³-hybridized carbons (Fsp3) is 0.473. The number of aromatic hydroxyl groups is 1. The smallest absolute Gasteiger partial charge is 0.243 e. The predicted octanol–water partition coefficient (Wildman–Crippen LogP) is 5.72. The molecular weight excluding hydrogens is 939 g/mol. The van der Waals surface area contributed by atoms with Gasteiger partial charge >= 0.3 is 0 Å². The first-order valence-corrected chi connectivity index (χ1v) is 26.2. The summed E-state index contributed by atoms with van der Waals surface area (Å²) in [6, 6.07) is 22.5. The second-order valence-electron chi connectivity index (χ2n) is 21.3. The van der Waals surface area contributed by atoms with Gasteiger partial charge < -0.3 is 54.7 Å². The number of piperazine rings is 2. The van der Waals surface area contributed by atoms with Crippen LogP contribution in [-0.4, -0.2) is 144 Å². The molecule has 0 spiro atoms. The van der Waals surface area contributed by atoms with Crippen LogP contribution in [0, 0.1) is 18.8 Å². The summed E-state index contributed by atoms with van der Waals surface area (Å²) in [5.74, 6) is 2.43. The van der Waals surface area contributed by atoms with E-state index in [0.29, 0.717) is 52.5 Å². The summed E-state index contributed by atoms with van der Waals surface area (Å²) < 4.78 is 14.4.